The van der Waals surface area contributed by atoms with E-state index in [1.807, 2.05) is 12.1 Å². The molecule has 3 aromatic heterocycles. The number of hydrogen-bond acceptors (Lipinski definition) is 6. The van der Waals surface area contributed by atoms with Gasteiger partial charge in [-0.25, -0.2) is 19.3 Å². The summed E-state index contributed by atoms with van der Waals surface area (Å²) in [5.74, 6) is 0.671. The highest BCUT2D eigenvalue weighted by atomic mass is 19.1. The Labute approximate surface area is 145 Å². The lowest BCUT2D eigenvalue weighted by Gasteiger charge is -2.40. The van der Waals surface area contributed by atoms with Crippen molar-refractivity contribution >= 4 is 16.9 Å². The van der Waals surface area contributed by atoms with Crippen LogP contribution in [-0.2, 0) is 6.54 Å². The predicted molar refractivity (Wildman–Crippen MR) is 93.6 cm³/mol. The summed E-state index contributed by atoms with van der Waals surface area (Å²) in [5, 5.41) is 0.964. The molecular weight excluding hydrogens is 319 g/mol. The lowest BCUT2D eigenvalue weighted by atomic mass is 10.1. The lowest BCUT2D eigenvalue weighted by molar-refractivity contribution is 0.178. The van der Waals surface area contributed by atoms with Gasteiger partial charge in [0, 0.05) is 50.2 Å². The second-order valence-corrected chi connectivity index (χ2v) is 6.30. The van der Waals surface area contributed by atoms with Crippen LogP contribution in [0.25, 0.3) is 11.0 Å². The molecule has 1 aliphatic heterocycles. The van der Waals surface area contributed by atoms with Crippen molar-refractivity contribution in [3.8, 4) is 0 Å². The van der Waals surface area contributed by atoms with Gasteiger partial charge in [-0.3, -0.25) is 9.88 Å². The van der Waals surface area contributed by atoms with Crippen molar-refractivity contribution in [1.82, 2.24) is 24.8 Å². The van der Waals surface area contributed by atoms with Crippen LogP contribution in [0.3, 0.4) is 0 Å². The Kier molecular flexibility index (Phi) is 4.23. The third-order valence-corrected chi connectivity index (χ3v) is 4.68. The van der Waals surface area contributed by atoms with Crippen LogP contribution in [0, 0.1) is 5.82 Å². The van der Waals surface area contributed by atoms with Crippen LogP contribution in [0.4, 0.5) is 10.2 Å². The highest BCUT2D eigenvalue weighted by Gasteiger charge is 2.26. The molecule has 6 nitrogen and oxygen atoms in total. The van der Waals surface area contributed by atoms with Crippen LogP contribution in [0.15, 0.2) is 43.1 Å². The lowest BCUT2D eigenvalue weighted by Crippen LogP contribution is -2.51. The Hall–Kier alpha value is -2.67. The van der Waals surface area contributed by atoms with Gasteiger partial charge in [-0.1, -0.05) is 0 Å². The molecule has 0 amide bonds. The predicted octanol–water partition coefficient (Wildman–Crippen LogP) is 2.27. The third-order valence-electron chi connectivity index (χ3n) is 4.68. The molecule has 4 heterocycles. The molecule has 128 valence electrons. The van der Waals surface area contributed by atoms with Crippen LogP contribution in [0.5, 0.6) is 0 Å². The first-order chi connectivity index (χ1) is 12.2. The molecule has 4 rings (SSSR count). The second-order valence-electron chi connectivity index (χ2n) is 6.30. The standard InChI is InChI=1S/C18H19FN6/c1-13-10-25(18-15-3-2-5-21-17(15)22-12-23-18)8-7-24(13)11-14-4-6-20-9-16(14)19/h2-6,9,12-13H,7-8,10-11H2,1H3. The summed E-state index contributed by atoms with van der Waals surface area (Å²) in [6.07, 6.45) is 6.21. The second kappa shape index (κ2) is 6.68. The van der Waals surface area contributed by atoms with Crippen molar-refractivity contribution in [1.29, 1.82) is 0 Å². The molecule has 0 spiro atoms. The maximum Gasteiger partial charge on any atom is 0.164 e. The van der Waals surface area contributed by atoms with Gasteiger partial charge in [-0.15, -0.1) is 0 Å². The van der Waals surface area contributed by atoms with Crippen LogP contribution < -0.4 is 4.90 Å². The molecule has 0 N–H and O–H groups in total. The number of nitrogens with zero attached hydrogens (tertiary/aromatic N) is 6. The van der Waals surface area contributed by atoms with Crippen LogP contribution in [-0.4, -0.2) is 50.5 Å². The van der Waals surface area contributed by atoms with Gasteiger partial charge in [-0.05, 0) is 25.1 Å². The number of fused-ring (bicyclic) bond motifs is 1. The Morgan fingerprint density at radius 1 is 1.16 bits per heavy atom. The van der Waals surface area contributed by atoms with E-state index in [0.717, 1.165) is 30.8 Å². The van der Waals surface area contributed by atoms with Gasteiger partial charge >= 0.3 is 0 Å². The highest BCUT2D eigenvalue weighted by molar-refractivity contribution is 5.86. The molecule has 0 aliphatic carbocycles. The first-order valence-corrected chi connectivity index (χ1v) is 8.35. The summed E-state index contributed by atoms with van der Waals surface area (Å²) in [6.45, 7) is 5.25. The number of anilines is 1. The summed E-state index contributed by atoms with van der Waals surface area (Å²) in [6, 6.07) is 5.93. The quantitative estimate of drug-likeness (QED) is 0.730. The topological polar surface area (TPSA) is 58.0 Å². The summed E-state index contributed by atoms with van der Waals surface area (Å²) in [7, 11) is 0. The molecule has 0 aromatic carbocycles. The fourth-order valence-corrected chi connectivity index (χ4v) is 3.31. The first-order valence-electron chi connectivity index (χ1n) is 8.35. The van der Waals surface area contributed by atoms with Crippen LogP contribution in [0.1, 0.15) is 12.5 Å². The number of pyridine rings is 2. The van der Waals surface area contributed by atoms with E-state index in [0.29, 0.717) is 17.8 Å². The van der Waals surface area contributed by atoms with E-state index in [4.69, 9.17) is 0 Å². The zero-order valence-electron chi connectivity index (χ0n) is 14.0. The molecule has 1 fully saturated rings. The Bertz CT molecular complexity index is 881. The Balaban J connectivity index is 1.52. The SMILES string of the molecule is CC1CN(c2ncnc3ncccc23)CCN1Cc1ccncc1F. The maximum atomic E-state index is 13.9. The monoisotopic (exact) mass is 338 g/mol. The van der Waals surface area contributed by atoms with Crippen molar-refractivity contribution in [2.24, 2.45) is 0 Å². The normalized spacial score (nSPS) is 18.6. The molecule has 1 saturated heterocycles. The van der Waals surface area contributed by atoms with E-state index in [1.165, 1.54) is 6.20 Å². The fraction of sp³-hybridized carbons (Fsp3) is 0.333. The van der Waals surface area contributed by atoms with E-state index < -0.39 is 0 Å². The van der Waals surface area contributed by atoms with Gasteiger partial charge in [0.05, 0.1) is 11.6 Å². The van der Waals surface area contributed by atoms with Gasteiger partial charge in [-0.2, -0.15) is 0 Å². The molecule has 0 bridgehead atoms. The first kappa shape index (κ1) is 15.8. The largest absolute Gasteiger partial charge is 0.353 e. The summed E-state index contributed by atoms with van der Waals surface area (Å²) in [5.41, 5.74) is 1.40. The van der Waals surface area contributed by atoms with Crippen molar-refractivity contribution in [3.05, 3.63) is 54.5 Å². The van der Waals surface area contributed by atoms with Gasteiger partial charge in [0.25, 0.3) is 0 Å². The van der Waals surface area contributed by atoms with E-state index >= 15 is 0 Å². The van der Waals surface area contributed by atoms with E-state index in [-0.39, 0.29) is 11.9 Å². The third kappa shape index (κ3) is 3.15. The zero-order chi connectivity index (χ0) is 17.2. The van der Waals surface area contributed by atoms with Gasteiger partial charge in [0.1, 0.15) is 18.0 Å². The van der Waals surface area contributed by atoms with Crippen molar-refractivity contribution in [2.75, 3.05) is 24.5 Å². The number of halogens is 1. The molecule has 1 aliphatic rings. The molecule has 0 saturated carbocycles. The number of piperazine rings is 1. The molecule has 1 unspecified atom stereocenters. The highest BCUT2D eigenvalue weighted by Crippen LogP contribution is 2.24. The van der Waals surface area contributed by atoms with Gasteiger partial charge in [0.2, 0.25) is 0 Å². The smallest absolute Gasteiger partial charge is 0.164 e. The summed E-state index contributed by atoms with van der Waals surface area (Å²) < 4.78 is 13.9. The van der Waals surface area contributed by atoms with Crippen molar-refractivity contribution in [3.63, 3.8) is 0 Å². The zero-order valence-corrected chi connectivity index (χ0v) is 14.0. The molecule has 25 heavy (non-hydrogen) atoms. The van der Waals surface area contributed by atoms with Crippen molar-refractivity contribution < 1.29 is 4.39 Å². The summed E-state index contributed by atoms with van der Waals surface area (Å²) in [4.78, 5) is 21.4. The average Bonchev–Trinajstić information content (AvgIpc) is 2.64. The molecule has 3 aromatic rings. The number of aromatic nitrogens is 4. The Morgan fingerprint density at radius 3 is 2.92 bits per heavy atom. The van der Waals surface area contributed by atoms with E-state index in [2.05, 4.69) is 36.7 Å². The number of rotatable bonds is 3. The molecule has 0 radical (unpaired) electrons. The maximum absolute atomic E-state index is 13.9. The van der Waals surface area contributed by atoms with Crippen molar-refractivity contribution in [2.45, 2.75) is 19.5 Å². The van der Waals surface area contributed by atoms with E-state index in [9.17, 15) is 4.39 Å². The number of hydrogen-bond donors (Lipinski definition) is 0. The Morgan fingerprint density at radius 2 is 2.08 bits per heavy atom. The average molecular weight is 338 g/mol. The minimum absolute atomic E-state index is 0.245. The van der Waals surface area contributed by atoms with Gasteiger partial charge < -0.3 is 4.90 Å². The molecule has 7 heteroatoms. The minimum Gasteiger partial charge on any atom is -0.353 e. The van der Waals surface area contributed by atoms with Crippen LogP contribution in [0.2, 0.25) is 0 Å². The molecule has 1 atom stereocenters. The summed E-state index contributed by atoms with van der Waals surface area (Å²) >= 11 is 0. The van der Waals surface area contributed by atoms with Crippen LogP contribution >= 0.6 is 0 Å². The van der Waals surface area contributed by atoms with Gasteiger partial charge in [0.15, 0.2) is 5.65 Å². The van der Waals surface area contributed by atoms with E-state index in [1.54, 1.807) is 24.8 Å². The molecular formula is C18H19FN6. The fourth-order valence-electron chi connectivity index (χ4n) is 3.31. The minimum atomic E-state index is -0.245.